The number of aryl methyl sites for hydroxylation is 1. The number of benzene rings is 1. The standard InChI is InChI=1S/C16H16ClN5/c1-2-11-9-14(15-20-18-10-22(15)21-11)19-16(7-8-16)12-5-3-4-6-13(12)17/h3-6,9-10,19H,2,7-8H2,1H3. The third-order valence-corrected chi connectivity index (χ3v) is 4.52. The second-order valence-corrected chi connectivity index (χ2v) is 6.10. The third kappa shape index (κ3) is 2.13. The Hall–Kier alpha value is -2.14. The molecule has 0 saturated heterocycles. The first-order valence-corrected chi connectivity index (χ1v) is 7.83. The van der Waals surface area contributed by atoms with Crippen LogP contribution in [0.15, 0.2) is 36.7 Å². The number of fused-ring (bicyclic) bond motifs is 1. The van der Waals surface area contributed by atoms with E-state index in [2.05, 4.69) is 39.7 Å². The number of halogens is 1. The number of hydrogen-bond donors (Lipinski definition) is 1. The van der Waals surface area contributed by atoms with Crippen LogP contribution in [0, 0.1) is 0 Å². The van der Waals surface area contributed by atoms with Crippen LogP contribution in [0.4, 0.5) is 5.69 Å². The Bertz CT molecular complexity index is 837. The average molecular weight is 314 g/mol. The van der Waals surface area contributed by atoms with E-state index in [1.54, 1.807) is 10.8 Å². The smallest absolute Gasteiger partial charge is 0.200 e. The summed E-state index contributed by atoms with van der Waals surface area (Å²) in [4.78, 5) is 0. The summed E-state index contributed by atoms with van der Waals surface area (Å²) >= 11 is 6.39. The largest absolute Gasteiger partial charge is 0.372 e. The van der Waals surface area contributed by atoms with E-state index in [1.165, 1.54) is 0 Å². The van der Waals surface area contributed by atoms with Crippen LogP contribution in [0.25, 0.3) is 5.65 Å². The van der Waals surface area contributed by atoms with E-state index in [0.717, 1.165) is 46.9 Å². The van der Waals surface area contributed by atoms with E-state index >= 15 is 0 Å². The minimum atomic E-state index is -0.100. The monoisotopic (exact) mass is 313 g/mol. The molecule has 112 valence electrons. The maximum atomic E-state index is 6.39. The maximum absolute atomic E-state index is 6.39. The average Bonchev–Trinajstić information content (AvgIpc) is 3.14. The first-order chi connectivity index (χ1) is 10.7. The van der Waals surface area contributed by atoms with Gasteiger partial charge in [0.1, 0.15) is 6.33 Å². The van der Waals surface area contributed by atoms with Gasteiger partial charge in [-0.25, -0.2) is 0 Å². The SMILES string of the molecule is CCc1cc(NC2(c3ccccc3Cl)CC2)c2nncn2n1. The fourth-order valence-electron chi connectivity index (χ4n) is 2.84. The van der Waals surface area contributed by atoms with Gasteiger partial charge in [0, 0.05) is 5.02 Å². The van der Waals surface area contributed by atoms with Crippen LogP contribution in [0.1, 0.15) is 31.0 Å². The van der Waals surface area contributed by atoms with E-state index < -0.39 is 0 Å². The number of hydrogen-bond acceptors (Lipinski definition) is 4. The molecule has 1 aromatic carbocycles. The van der Waals surface area contributed by atoms with Gasteiger partial charge in [-0.1, -0.05) is 36.7 Å². The fourth-order valence-corrected chi connectivity index (χ4v) is 3.15. The van der Waals surface area contributed by atoms with Gasteiger partial charge in [0.05, 0.1) is 16.9 Å². The minimum absolute atomic E-state index is 0.100. The van der Waals surface area contributed by atoms with Crippen LogP contribution in [-0.4, -0.2) is 19.8 Å². The van der Waals surface area contributed by atoms with Crippen molar-refractivity contribution in [3.63, 3.8) is 0 Å². The van der Waals surface area contributed by atoms with Crippen molar-refractivity contribution >= 4 is 22.9 Å². The van der Waals surface area contributed by atoms with Gasteiger partial charge in [0.15, 0.2) is 0 Å². The van der Waals surface area contributed by atoms with Crippen molar-refractivity contribution in [1.29, 1.82) is 0 Å². The first kappa shape index (κ1) is 13.5. The van der Waals surface area contributed by atoms with Crippen LogP contribution < -0.4 is 5.32 Å². The normalized spacial score (nSPS) is 15.9. The van der Waals surface area contributed by atoms with Crippen molar-refractivity contribution < 1.29 is 0 Å². The van der Waals surface area contributed by atoms with Gasteiger partial charge in [0.25, 0.3) is 0 Å². The highest BCUT2D eigenvalue weighted by Crippen LogP contribution is 2.50. The lowest BCUT2D eigenvalue weighted by molar-refractivity contribution is 0.798. The molecule has 4 rings (SSSR count). The highest BCUT2D eigenvalue weighted by atomic mass is 35.5. The number of nitrogens with one attached hydrogen (secondary N) is 1. The van der Waals surface area contributed by atoms with E-state index in [-0.39, 0.29) is 5.54 Å². The van der Waals surface area contributed by atoms with Crippen LogP contribution >= 0.6 is 11.6 Å². The molecular formula is C16H16ClN5. The Morgan fingerprint density at radius 3 is 2.86 bits per heavy atom. The lowest BCUT2D eigenvalue weighted by atomic mass is 10.0. The molecular weight excluding hydrogens is 298 g/mol. The summed E-state index contributed by atoms with van der Waals surface area (Å²) < 4.78 is 1.73. The van der Waals surface area contributed by atoms with E-state index in [1.807, 2.05) is 18.2 Å². The summed E-state index contributed by atoms with van der Waals surface area (Å²) in [5, 5.41) is 17.1. The summed E-state index contributed by atoms with van der Waals surface area (Å²) in [6.07, 6.45) is 4.61. The van der Waals surface area contributed by atoms with Crippen LogP contribution in [0.5, 0.6) is 0 Å². The number of nitrogens with zero attached hydrogens (tertiary/aromatic N) is 4. The first-order valence-electron chi connectivity index (χ1n) is 7.45. The van der Waals surface area contributed by atoms with Gasteiger partial charge < -0.3 is 5.32 Å². The molecule has 2 heterocycles. The van der Waals surface area contributed by atoms with Gasteiger partial charge in [0.2, 0.25) is 5.65 Å². The second kappa shape index (κ2) is 4.95. The Balaban J connectivity index is 1.78. The molecule has 1 aliphatic rings. The Kier molecular flexibility index (Phi) is 3.04. The summed E-state index contributed by atoms with van der Waals surface area (Å²) in [5.74, 6) is 0. The quantitative estimate of drug-likeness (QED) is 0.801. The molecule has 1 N–H and O–H groups in total. The molecule has 3 aromatic rings. The Labute approximate surface area is 133 Å². The number of anilines is 1. The summed E-state index contributed by atoms with van der Waals surface area (Å²) in [6, 6.07) is 10.1. The van der Waals surface area contributed by atoms with Crippen molar-refractivity contribution in [3.05, 3.63) is 52.9 Å². The van der Waals surface area contributed by atoms with Crippen LogP contribution in [0.3, 0.4) is 0 Å². The van der Waals surface area contributed by atoms with E-state index in [4.69, 9.17) is 11.6 Å². The fraction of sp³-hybridized carbons (Fsp3) is 0.312. The molecule has 1 fully saturated rings. The second-order valence-electron chi connectivity index (χ2n) is 5.69. The maximum Gasteiger partial charge on any atom is 0.200 e. The van der Waals surface area contributed by atoms with E-state index in [0.29, 0.717) is 0 Å². The Morgan fingerprint density at radius 1 is 1.32 bits per heavy atom. The van der Waals surface area contributed by atoms with Gasteiger partial charge in [-0.15, -0.1) is 10.2 Å². The van der Waals surface area contributed by atoms with Crippen LogP contribution in [-0.2, 0) is 12.0 Å². The van der Waals surface area contributed by atoms with Crippen LogP contribution in [0.2, 0.25) is 5.02 Å². The predicted molar refractivity (Wildman–Crippen MR) is 86.1 cm³/mol. The number of rotatable bonds is 4. The molecule has 0 spiro atoms. The lowest BCUT2D eigenvalue weighted by Crippen LogP contribution is -2.20. The Morgan fingerprint density at radius 2 is 2.14 bits per heavy atom. The summed E-state index contributed by atoms with van der Waals surface area (Å²) in [7, 11) is 0. The minimum Gasteiger partial charge on any atom is -0.372 e. The third-order valence-electron chi connectivity index (χ3n) is 4.19. The van der Waals surface area contributed by atoms with Gasteiger partial charge >= 0.3 is 0 Å². The molecule has 0 unspecified atom stereocenters. The zero-order valence-electron chi connectivity index (χ0n) is 12.3. The molecule has 1 aliphatic carbocycles. The molecule has 0 radical (unpaired) electrons. The molecule has 1 saturated carbocycles. The highest BCUT2D eigenvalue weighted by molar-refractivity contribution is 6.31. The highest BCUT2D eigenvalue weighted by Gasteiger charge is 2.46. The zero-order valence-corrected chi connectivity index (χ0v) is 13.0. The van der Waals surface area contributed by atoms with Gasteiger partial charge in [-0.2, -0.15) is 9.61 Å². The molecule has 0 aliphatic heterocycles. The molecule has 2 aromatic heterocycles. The van der Waals surface area contributed by atoms with Crippen molar-refractivity contribution in [2.75, 3.05) is 5.32 Å². The van der Waals surface area contributed by atoms with E-state index in [9.17, 15) is 0 Å². The van der Waals surface area contributed by atoms with Crippen molar-refractivity contribution in [3.8, 4) is 0 Å². The summed E-state index contributed by atoms with van der Waals surface area (Å²) in [6.45, 7) is 2.09. The number of aromatic nitrogens is 4. The van der Waals surface area contributed by atoms with Gasteiger partial charge in [-0.05, 0) is 37.0 Å². The van der Waals surface area contributed by atoms with Crippen molar-refractivity contribution in [2.24, 2.45) is 0 Å². The van der Waals surface area contributed by atoms with Gasteiger partial charge in [-0.3, -0.25) is 0 Å². The predicted octanol–water partition coefficient (Wildman–Crippen LogP) is 3.44. The summed E-state index contributed by atoms with van der Waals surface area (Å²) in [5.41, 5.74) is 3.75. The molecule has 0 atom stereocenters. The molecule has 22 heavy (non-hydrogen) atoms. The topological polar surface area (TPSA) is 55.1 Å². The van der Waals surface area contributed by atoms with Crippen molar-refractivity contribution in [1.82, 2.24) is 19.8 Å². The lowest BCUT2D eigenvalue weighted by Gasteiger charge is -2.21. The molecule has 6 heteroatoms. The zero-order chi connectivity index (χ0) is 15.2. The molecule has 5 nitrogen and oxygen atoms in total. The molecule has 0 amide bonds. The van der Waals surface area contributed by atoms with Crippen molar-refractivity contribution in [2.45, 2.75) is 31.7 Å². The molecule has 0 bridgehead atoms.